The molecule has 1 atom stereocenters. The van der Waals surface area contributed by atoms with E-state index in [0.717, 1.165) is 17.0 Å². The van der Waals surface area contributed by atoms with Crippen molar-refractivity contribution in [2.75, 3.05) is 12.4 Å². The topological polar surface area (TPSA) is 38.3 Å². The number of carbonyl (C=O) groups excluding carboxylic acids is 1. The van der Waals surface area contributed by atoms with Crippen molar-refractivity contribution in [3.63, 3.8) is 0 Å². The van der Waals surface area contributed by atoms with Crippen LogP contribution in [-0.4, -0.2) is 18.3 Å². The van der Waals surface area contributed by atoms with Gasteiger partial charge in [0, 0.05) is 11.8 Å². The molecule has 0 fully saturated rings. The first-order chi connectivity index (χ1) is 7.95. The number of hydrogen-bond donors (Lipinski definition) is 2. The summed E-state index contributed by atoms with van der Waals surface area (Å²) >= 11 is 4.29. The van der Waals surface area contributed by atoms with Crippen LogP contribution in [0.15, 0.2) is 18.2 Å². The Morgan fingerprint density at radius 1 is 1.41 bits per heavy atom. The van der Waals surface area contributed by atoms with Crippen LogP contribution in [0.3, 0.4) is 0 Å². The maximum absolute atomic E-state index is 11.9. The highest BCUT2D eigenvalue weighted by Gasteiger charge is 2.18. The molecule has 0 saturated carbocycles. The summed E-state index contributed by atoms with van der Waals surface area (Å²) < 4.78 is 5.13. The van der Waals surface area contributed by atoms with Gasteiger partial charge in [-0.3, -0.25) is 4.79 Å². The van der Waals surface area contributed by atoms with E-state index in [4.69, 9.17) is 4.74 Å². The molecule has 0 radical (unpaired) electrons. The van der Waals surface area contributed by atoms with Crippen LogP contribution in [0.1, 0.15) is 19.4 Å². The van der Waals surface area contributed by atoms with Gasteiger partial charge in [0.25, 0.3) is 0 Å². The van der Waals surface area contributed by atoms with Crippen LogP contribution < -0.4 is 10.1 Å². The van der Waals surface area contributed by atoms with Gasteiger partial charge in [-0.05, 0) is 24.5 Å². The van der Waals surface area contributed by atoms with Crippen molar-refractivity contribution in [2.45, 2.75) is 26.0 Å². The maximum atomic E-state index is 11.9. The lowest BCUT2D eigenvalue weighted by atomic mass is 10.1. The summed E-state index contributed by atoms with van der Waals surface area (Å²) in [5.74, 6) is 0.843. The van der Waals surface area contributed by atoms with Crippen LogP contribution in [0, 0.1) is 12.8 Å². The van der Waals surface area contributed by atoms with Crippen LogP contribution in [0.2, 0.25) is 0 Å². The van der Waals surface area contributed by atoms with E-state index in [2.05, 4.69) is 17.9 Å². The zero-order valence-electron chi connectivity index (χ0n) is 10.7. The zero-order chi connectivity index (χ0) is 13.0. The zero-order valence-corrected chi connectivity index (χ0v) is 11.5. The van der Waals surface area contributed by atoms with Gasteiger partial charge in [0.15, 0.2) is 0 Å². The molecule has 0 heterocycles. The number of aryl methyl sites for hydroxylation is 1. The number of ether oxygens (including phenoxy) is 1. The Balaban J connectivity index is 2.84. The molecule has 0 spiro atoms. The van der Waals surface area contributed by atoms with E-state index in [-0.39, 0.29) is 17.1 Å². The smallest absolute Gasteiger partial charge is 0.237 e. The normalized spacial score (nSPS) is 12.4. The number of carbonyl (C=O) groups is 1. The summed E-state index contributed by atoms with van der Waals surface area (Å²) in [6, 6.07) is 5.59. The van der Waals surface area contributed by atoms with E-state index in [1.807, 2.05) is 39.0 Å². The molecule has 0 bridgehead atoms. The lowest BCUT2D eigenvalue weighted by molar-refractivity contribution is -0.116. The lowest BCUT2D eigenvalue weighted by Gasteiger charge is -2.16. The van der Waals surface area contributed by atoms with Gasteiger partial charge in [-0.2, -0.15) is 12.6 Å². The highest BCUT2D eigenvalue weighted by molar-refractivity contribution is 7.81. The fraction of sp³-hybridized carbons (Fsp3) is 0.462. The first-order valence-corrected chi connectivity index (χ1v) is 6.11. The molecular weight excluding hydrogens is 234 g/mol. The summed E-state index contributed by atoms with van der Waals surface area (Å²) in [5.41, 5.74) is 1.78. The first-order valence-electron chi connectivity index (χ1n) is 5.59. The van der Waals surface area contributed by atoms with Crippen LogP contribution in [0.5, 0.6) is 5.75 Å². The first kappa shape index (κ1) is 13.9. The number of nitrogens with one attached hydrogen (secondary N) is 1. The minimum absolute atomic E-state index is 0.0836. The molecule has 1 rings (SSSR count). The van der Waals surface area contributed by atoms with Gasteiger partial charge in [0.05, 0.1) is 12.4 Å². The van der Waals surface area contributed by atoms with Crippen LogP contribution in [-0.2, 0) is 4.79 Å². The third kappa shape index (κ3) is 3.66. The number of rotatable bonds is 4. The van der Waals surface area contributed by atoms with Crippen molar-refractivity contribution < 1.29 is 9.53 Å². The number of benzene rings is 1. The molecule has 1 aromatic rings. The predicted octanol–water partition coefficient (Wildman–Crippen LogP) is 2.90. The van der Waals surface area contributed by atoms with Gasteiger partial charge >= 0.3 is 0 Å². The molecule has 1 amide bonds. The quantitative estimate of drug-likeness (QED) is 0.810. The van der Waals surface area contributed by atoms with Gasteiger partial charge in [-0.25, -0.2) is 0 Å². The molecule has 1 aromatic carbocycles. The van der Waals surface area contributed by atoms with Crippen LogP contribution in [0.4, 0.5) is 5.69 Å². The Labute approximate surface area is 108 Å². The lowest BCUT2D eigenvalue weighted by Crippen LogP contribution is -2.27. The molecule has 0 aliphatic carbocycles. The summed E-state index contributed by atoms with van der Waals surface area (Å²) in [5, 5.41) is 2.57. The molecule has 94 valence electrons. The van der Waals surface area contributed by atoms with E-state index in [9.17, 15) is 4.79 Å². The molecule has 17 heavy (non-hydrogen) atoms. The van der Waals surface area contributed by atoms with Crippen LogP contribution in [0.25, 0.3) is 0 Å². The highest BCUT2D eigenvalue weighted by Crippen LogP contribution is 2.22. The SMILES string of the molecule is COc1ccc(C)c(NC(=O)C(S)C(C)C)c1. The maximum Gasteiger partial charge on any atom is 0.237 e. The minimum Gasteiger partial charge on any atom is -0.497 e. The highest BCUT2D eigenvalue weighted by atomic mass is 32.1. The molecule has 1 unspecified atom stereocenters. The van der Waals surface area contributed by atoms with Crippen molar-refractivity contribution in [1.29, 1.82) is 0 Å². The second kappa shape index (κ2) is 5.96. The molecule has 3 nitrogen and oxygen atoms in total. The van der Waals surface area contributed by atoms with E-state index >= 15 is 0 Å². The van der Waals surface area contributed by atoms with Crippen molar-refractivity contribution in [1.82, 2.24) is 0 Å². The second-order valence-electron chi connectivity index (χ2n) is 4.36. The molecule has 0 aromatic heterocycles. The largest absolute Gasteiger partial charge is 0.497 e. The fourth-order valence-corrected chi connectivity index (χ4v) is 1.44. The van der Waals surface area contributed by atoms with E-state index in [0.29, 0.717) is 0 Å². The summed E-state index contributed by atoms with van der Waals surface area (Å²) in [6.45, 7) is 5.88. The van der Waals surface area contributed by atoms with Crippen molar-refractivity contribution in [3.8, 4) is 5.75 Å². The molecule has 0 aliphatic heterocycles. The van der Waals surface area contributed by atoms with Crippen molar-refractivity contribution >= 4 is 24.2 Å². The summed E-state index contributed by atoms with van der Waals surface area (Å²) in [4.78, 5) is 11.9. The Kier molecular flexibility index (Phi) is 4.87. The summed E-state index contributed by atoms with van der Waals surface area (Å²) in [7, 11) is 1.60. The third-order valence-corrected chi connectivity index (χ3v) is 3.43. The summed E-state index contributed by atoms with van der Waals surface area (Å²) in [6.07, 6.45) is 0. The number of methoxy groups -OCH3 is 1. The van der Waals surface area contributed by atoms with Crippen LogP contribution >= 0.6 is 12.6 Å². The van der Waals surface area contributed by atoms with Crippen molar-refractivity contribution in [2.24, 2.45) is 5.92 Å². The van der Waals surface area contributed by atoms with E-state index < -0.39 is 0 Å². The van der Waals surface area contributed by atoms with Gasteiger partial charge in [-0.15, -0.1) is 0 Å². The number of amides is 1. The Morgan fingerprint density at radius 3 is 2.59 bits per heavy atom. The average molecular weight is 253 g/mol. The minimum atomic E-state index is -0.305. The van der Waals surface area contributed by atoms with E-state index in [1.54, 1.807) is 7.11 Å². The predicted molar refractivity (Wildman–Crippen MR) is 74.0 cm³/mol. The number of anilines is 1. The van der Waals surface area contributed by atoms with Gasteiger partial charge in [-0.1, -0.05) is 19.9 Å². The fourth-order valence-electron chi connectivity index (χ4n) is 1.37. The van der Waals surface area contributed by atoms with Crippen molar-refractivity contribution in [3.05, 3.63) is 23.8 Å². The standard InChI is InChI=1S/C13H19NO2S/c1-8(2)12(17)13(15)14-11-7-10(16-4)6-5-9(11)3/h5-8,12,17H,1-4H3,(H,14,15). The van der Waals surface area contributed by atoms with Gasteiger partial charge < -0.3 is 10.1 Å². The Hall–Kier alpha value is -1.16. The molecular formula is C13H19NO2S. The van der Waals surface area contributed by atoms with Gasteiger partial charge in [0.1, 0.15) is 5.75 Å². The monoisotopic (exact) mass is 253 g/mol. The Morgan fingerprint density at radius 2 is 2.06 bits per heavy atom. The second-order valence-corrected chi connectivity index (χ2v) is 4.92. The number of hydrogen-bond acceptors (Lipinski definition) is 3. The number of thiol groups is 1. The Bertz CT molecular complexity index is 404. The molecule has 0 saturated heterocycles. The average Bonchev–Trinajstić information content (AvgIpc) is 2.30. The molecule has 4 heteroatoms. The third-order valence-electron chi connectivity index (χ3n) is 2.60. The molecule has 1 N–H and O–H groups in total. The molecule has 0 aliphatic rings. The van der Waals surface area contributed by atoms with E-state index in [1.165, 1.54) is 0 Å². The van der Waals surface area contributed by atoms with Gasteiger partial charge in [0.2, 0.25) is 5.91 Å².